The fraction of sp³-hybridized carbons (Fsp3) is 0.267. The van der Waals surface area contributed by atoms with Crippen LogP contribution in [0.1, 0.15) is 36.6 Å². The maximum atomic E-state index is 13.6. The molecular weight excluding hydrogens is 557 g/mol. The van der Waals surface area contributed by atoms with Crippen molar-refractivity contribution in [3.63, 3.8) is 0 Å². The number of ketones is 1. The molecule has 0 aromatic heterocycles. The minimum Gasteiger partial charge on any atom is -0.507 e. The average Bonchev–Trinajstić information content (AvgIpc) is 3.18. The van der Waals surface area contributed by atoms with Gasteiger partial charge in [-0.1, -0.05) is 53.5 Å². The summed E-state index contributed by atoms with van der Waals surface area (Å²) in [5.74, 6) is -0.789. The van der Waals surface area contributed by atoms with Crippen molar-refractivity contribution in [1.29, 1.82) is 0 Å². The third kappa shape index (κ3) is 5.42. The van der Waals surface area contributed by atoms with Crippen molar-refractivity contribution in [2.45, 2.75) is 32.5 Å². The smallest absolute Gasteiger partial charge is 0.295 e. The number of carbonyl (C=O) groups excluding carboxylic acids is 2. The summed E-state index contributed by atoms with van der Waals surface area (Å²) in [6, 6.07) is 14.6. The molecular formula is C30H29Cl2NO7. The second kappa shape index (κ2) is 12.1. The van der Waals surface area contributed by atoms with Gasteiger partial charge in [0, 0.05) is 5.56 Å². The van der Waals surface area contributed by atoms with Crippen LogP contribution >= 0.6 is 23.2 Å². The maximum absolute atomic E-state index is 13.6. The first kappa shape index (κ1) is 29.1. The maximum Gasteiger partial charge on any atom is 0.295 e. The number of rotatable bonds is 9. The number of ether oxygens (including phenoxy) is 4. The Morgan fingerprint density at radius 3 is 2.20 bits per heavy atom. The van der Waals surface area contributed by atoms with E-state index in [1.165, 1.54) is 32.3 Å². The minimum absolute atomic E-state index is 0.00837. The van der Waals surface area contributed by atoms with Crippen LogP contribution in [-0.2, 0) is 16.1 Å². The van der Waals surface area contributed by atoms with E-state index in [0.29, 0.717) is 22.6 Å². The van der Waals surface area contributed by atoms with E-state index in [4.69, 9.17) is 42.1 Å². The fourth-order valence-corrected chi connectivity index (χ4v) is 5.39. The summed E-state index contributed by atoms with van der Waals surface area (Å²) in [7, 11) is 4.28. The van der Waals surface area contributed by atoms with E-state index in [1.54, 1.807) is 36.4 Å². The monoisotopic (exact) mass is 585 g/mol. The van der Waals surface area contributed by atoms with Gasteiger partial charge in [-0.05, 0) is 43.7 Å². The minimum atomic E-state index is -0.956. The third-order valence-electron chi connectivity index (χ3n) is 6.44. The number of aliphatic hydroxyl groups is 1. The predicted molar refractivity (Wildman–Crippen MR) is 153 cm³/mol. The molecule has 10 heteroatoms. The lowest BCUT2D eigenvalue weighted by molar-refractivity contribution is -0.140. The molecule has 1 saturated heterocycles. The quantitative estimate of drug-likeness (QED) is 0.176. The van der Waals surface area contributed by atoms with Gasteiger partial charge < -0.3 is 29.0 Å². The van der Waals surface area contributed by atoms with Gasteiger partial charge >= 0.3 is 0 Å². The first-order chi connectivity index (χ1) is 19.1. The van der Waals surface area contributed by atoms with Gasteiger partial charge in [0.2, 0.25) is 0 Å². The molecule has 1 atom stereocenters. The van der Waals surface area contributed by atoms with Crippen molar-refractivity contribution >= 4 is 40.7 Å². The zero-order chi connectivity index (χ0) is 29.1. The van der Waals surface area contributed by atoms with Gasteiger partial charge in [-0.2, -0.15) is 0 Å². The number of methoxy groups -OCH3 is 3. The highest BCUT2D eigenvalue weighted by molar-refractivity contribution is 6.47. The number of nitrogens with zero attached hydrogens (tertiary/aromatic N) is 1. The zero-order valence-electron chi connectivity index (χ0n) is 22.7. The molecule has 0 bridgehead atoms. The lowest BCUT2D eigenvalue weighted by Gasteiger charge is -2.26. The molecule has 1 aliphatic rings. The number of aliphatic hydroxyl groups excluding tert-OH is 1. The molecule has 1 unspecified atom stereocenters. The molecule has 1 N–H and O–H groups in total. The Balaban J connectivity index is 1.93. The van der Waals surface area contributed by atoms with E-state index < -0.39 is 23.5 Å². The average molecular weight is 586 g/mol. The van der Waals surface area contributed by atoms with Crippen molar-refractivity contribution in [3.05, 3.63) is 86.9 Å². The standard InChI is InChI=1S/C30H29Cl2NO7/c1-16(2)40-19-12-10-17(11-13-19)25-23(26(34)20-14-21(31)29(39-5)24(32)28(20)38-4)27(35)30(36)33(25)15-18-8-6-7-9-22(18)37-3/h6-14,16,25,34H,15H2,1-5H3/b26-23+. The highest BCUT2D eigenvalue weighted by Crippen LogP contribution is 2.47. The molecule has 40 heavy (non-hydrogen) atoms. The normalized spacial score (nSPS) is 16.4. The molecule has 1 heterocycles. The Hall–Kier alpha value is -3.88. The number of halogens is 2. The molecule has 1 aliphatic heterocycles. The van der Waals surface area contributed by atoms with Gasteiger partial charge in [-0.25, -0.2) is 0 Å². The fourth-order valence-electron chi connectivity index (χ4n) is 4.70. The number of hydrogen-bond donors (Lipinski definition) is 1. The van der Waals surface area contributed by atoms with Crippen LogP contribution in [0.15, 0.2) is 60.2 Å². The van der Waals surface area contributed by atoms with Crippen LogP contribution in [0.25, 0.3) is 5.76 Å². The van der Waals surface area contributed by atoms with Crippen molar-refractivity contribution < 1.29 is 33.6 Å². The van der Waals surface area contributed by atoms with Gasteiger partial charge in [0.1, 0.15) is 22.3 Å². The molecule has 0 aliphatic carbocycles. The molecule has 8 nitrogen and oxygen atoms in total. The topological polar surface area (TPSA) is 94.5 Å². The van der Waals surface area contributed by atoms with E-state index in [9.17, 15) is 14.7 Å². The summed E-state index contributed by atoms with van der Waals surface area (Å²) >= 11 is 12.8. The molecule has 1 fully saturated rings. The second-order valence-corrected chi connectivity index (χ2v) is 10.0. The van der Waals surface area contributed by atoms with Crippen LogP contribution < -0.4 is 18.9 Å². The van der Waals surface area contributed by atoms with Crippen LogP contribution in [0.4, 0.5) is 0 Å². The SMILES string of the molecule is COc1ccccc1CN1C(=O)C(=O)/C(=C(/O)c2cc(Cl)c(OC)c(Cl)c2OC)C1c1ccc(OC(C)C)cc1. The summed E-state index contributed by atoms with van der Waals surface area (Å²) in [6.45, 7) is 3.87. The Labute approximate surface area is 242 Å². The predicted octanol–water partition coefficient (Wildman–Crippen LogP) is 6.43. The summed E-state index contributed by atoms with van der Waals surface area (Å²) in [4.78, 5) is 28.5. The first-order valence-corrected chi connectivity index (χ1v) is 13.2. The van der Waals surface area contributed by atoms with Gasteiger partial charge in [0.15, 0.2) is 11.5 Å². The molecule has 3 aromatic rings. The highest BCUT2D eigenvalue weighted by Gasteiger charge is 2.46. The summed E-state index contributed by atoms with van der Waals surface area (Å²) in [6.07, 6.45) is -0.0425. The van der Waals surface area contributed by atoms with Gasteiger partial charge in [0.05, 0.1) is 56.2 Å². The van der Waals surface area contributed by atoms with Crippen LogP contribution in [0.2, 0.25) is 10.0 Å². The van der Waals surface area contributed by atoms with Crippen molar-refractivity contribution in [2.24, 2.45) is 0 Å². The second-order valence-electron chi connectivity index (χ2n) is 9.26. The van der Waals surface area contributed by atoms with Crippen LogP contribution in [0.3, 0.4) is 0 Å². The largest absolute Gasteiger partial charge is 0.507 e. The Bertz CT molecular complexity index is 1470. The number of likely N-dealkylation sites (tertiary alicyclic amines) is 1. The number of Topliss-reactive ketones (excluding diaryl/α,β-unsaturated/α-hetero) is 1. The molecule has 3 aromatic carbocycles. The van der Waals surface area contributed by atoms with Crippen LogP contribution in [-0.4, -0.2) is 49.1 Å². The van der Waals surface area contributed by atoms with E-state index in [1.807, 2.05) is 26.0 Å². The summed E-state index contributed by atoms with van der Waals surface area (Å²) < 4.78 is 22.0. The lowest BCUT2D eigenvalue weighted by atomic mass is 9.94. The van der Waals surface area contributed by atoms with Gasteiger partial charge in [-0.3, -0.25) is 9.59 Å². The van der Waals surface area contributed by atoms with Crippen molar-refractivity contribution in [3.8, 4) is 23.0 Å². The highest BCUT2D eigenvalue weighted by atomic mass is 35.5. The number of benzene rings is 3. The molecule has 210 valence electrons. The van der Waals surface area contributed by atoms with Crippen LogP contribution in [0.5, 0.6) is 23.0 Å². The van der Waals surface area contributed by atoms with Crippen molar-refractivity contribution in [1.82, 2.24) is 4.90 Å². The molecule has 0 spiro atoms. The van der Waals surface area contributed by atoms with E-state index in [-0.39, 0.29) is 45.3 Å². The summed E-state index contributed by atoms with van der Waals surface area (Å²) in [5.41, 5.74) is 1.16. The van der Waals surface area contributed by atoms with Gasteiger partial charge in [0.25, 0.3) is 11.7 Å². The Morgan fingerprint density at radius 2 is 1.60 bits per heavy atom. The lowest BCUT2D eigenvalue weighted by Crippen LogP contribution is -2.29. The number of amides is 1. The van der Waals surface area contributed by atoms with Crippen LogP contribution in [0, 0.1) is 0 Å². The molecule has 1 amide bonds. The molecule has 0 radical (unpaired) electrons. The van der Waals surface area contributed by atoms with E-state index >= 15 is 0 Å². The van der Waals surface area contributed by atoms with Crippen molar-refractivity contribution in [2.75, 3.05) is 21.3 Å². The van der Waals surface area contributed by atoms with Gasteiger partial charge in [-0.15, -0.1) is 0 Å². The zero-order valence-corrected chi connectivity index (χ0v) is 24.2. The number of para-hydroxylation sites is 1. The Kier molecular flexibility index (Phi) is 8.81. The molecule has 4 rings (SSSR count). The summed E-state index contributed by atoms with van der Waals surface area (Å²) in [5, 5.41) is 11.7. The first-order valence-electron chi connectivity index (χ1n) is 12.4. The van der Waals surface area contributed by atoms with E-state index in [2.05, 4.69) is 0 Å². The Morgan fingerprint density at radius 1 is 0.950 bits per heavy atom. The molecule has 0 saturated carbocycles. The van der Waals surface area contributed by atoms with E-state index in [0.717, 1.165) is 0 Å². The number of carbonyl (C=O) groups is 2. The third-order valence-corrected chi connectivity index (χ3v) is 7.06. The number of hydrogen-bond acceptors (Lipinski definition) is 7.